The average Bonchev–Trinajstić information content (AvgIpc) is 3.08. The number of rotatable bonds is 3. The van der Waals surface area contributed by atoms with E-state index in [4.69, 9.17) is 4.74 Å². The van der Waals surface area contributed by atoms with Gasteiger partial charge < -0.3 is 9.84 Å². The first-order chi connectivity index (χ1) is 14.4. The van der Waals surface area contributed by atoms with Crippen molar-refractivity contribution < 1.29 is 19.4 Å². The number of carboxylic acids is 1. The van der Waals surface area contributed by atoms with Gasteiger partial charge in [0, 0.05) is 0 Å². The number of aliphatic carboxylic acids is 1. The number of hydrogen-bond acceptors (Lipinski definition) is 3. The van der Waals surface area contributed by atoms with Crippen molar-refractivity contribution in [3.05, 3.63) is 59.7 Å². The molecule has 0 unspecified atom stereocenters. The van der Waals surface area contributed by atoms with Crippen molar-refractivity contribution in [1.82, 2.24) is 4.90 Å². The fourth-order valence-corrected chi connectivity index (χ4v) is 6.33. The summed E-state index contributed by atoms with van der Waals surface area (Å²) in [5.41, 5.74) is 4.28. The molecule has 2 bridgehead atoms. The van der Waals surface area contributed by atoms with Crippen molar-refractivity contribution in [2.45, 2.75) is 38.8 Å². The highest BCUT2D eigenvalue weighted by Gasteiger charge is 2.62. The molecule has 0 radical (unpaired) electrons. The second kappa shape index (κ2) is 6.59. The monoisotopic (exact) mass is 405 g/mol. The quantitative estimate of drug-likeness (QED) is 0.784. The number of methoxy groups -OCH3 is 1. The predicted octanol–water partition coefficient (Wildman–Crippen LogP) is 4.96. The van der Waals surface area contributed by atoms with Crippen LogP contribution in [0.1, 0.15) is 43.9 Å². The van der Waals surface area contributed by atoms with Crippen LogP contribution in [0.5, 0.6) is 0 Å². The van der Waals surface area contributed by atoms with E-state index in [9.17, 15) is 14.7 Å². The molecule has 0 aromatic heterocycles. The van der Waals surface area contributed by atoms with Crippen molar-refractivity contribution in [2.75, 3.05) is 7.11 Å². The van der Waals surface area contributed by atoms with Gasteiger partial charge in [-0.05, 0) is 52.3 Å². The Labute approximate surface area is 176 Å². The number of amides is 1. The number of carbonyl (C=O) groups is 2. The van der Waals surface area contributed by atoms with Gasteiger partial charge in [-0.2, -0.15) is 0 Å². The SMILES string of the molecule is COC(=O)N(C1c2ccccc2-c2ccccc21)[C@@H]1[C@@H](C(=O)O)C[C@@H]2C[C@H]1C2(C)C. The number of benzene rings is 2. The van der Waals surface area contributed by atoms with Gasteiger partial charge in [-0.15, -0.1) is 0 Å². The van der Waals surface area contributed by atoms with Gasteiger partial charge in [0.25, 0.3) is 0 Å². The second-order valence-corrected chi connectivity index (χ2v) is 9.49. The van der Waals surface area contributed by atoms with E-state index < -0.39 is 24.0 Å². The van der Waals surface area contributed by atoms with Crippen LogP contribution in [0.25, 0.3) is 11.1 Å². The van der Waals surface area contributed by atoms with E-state index >= 15 is 0 Å². The molecule has 2 aromatic carbocycles. The Bertz CT molecular complexity index is 984. The van der Waals surface area contributed by atoms with Crippen molar-refractivity contribution in [2.24, 2.45) is 23.2 Å². The van der Waals surface area contributed by atoms with Gasteiger partial charge in [0.1, 0.15) is 0 Å². The maximum atomic E-state index is 13.3. The molecule has 0 heterocycles. The molecular formula is C25H27NO4. The van der Waals surface area contributed by atoms with Crippen LogP contribution in [0.2, 0.25) is 0 Å². The lowest BCUT2D eigenvalue weighted by Gasteiger charge is -2.63. The molecule has 4 aliphatic rings. The highest BCUT2D eigenvalue weighted by Crippen LogP contribution is 2.63. The molecule has 6 rings (SSSR count). The van der Waals surface area contributed by atoms with Gasteiger partial charge in [-0.1, -0.05) is 62.4 Å². The number of hydrogen-bond donors (Lipinski definition) is 1. The Hall–Kier alpha value is -2.82. The minimum atomic E-state index is -0.821. The summed E-state index contributed by atoms with van der Waals surface area (Å²) < 4.78 is 5.26. The number of nitrogens with zero attached hydrogens (tertiary/aromatic N) is 1. The Morgan fingerprint density at radius 2 is 1.57 bits per heavy atom. The summed E-state index contributed by atoms with van der Waals surface area (Å²) in [6.45, 7) is 4.42. The molecule has 1 N–H and O–H groups in total. The first-order valence-electron chi connectivity index (χ1n) is 10.6. The van der Waals surface area contributed by atoms with Gasteiger partial charge in [0.15, 0.2) is 0 Å². The highest BCUT2D eigenvalue weighted by molar-refractivity contribution is 5.82. The van der Waals surface area contributed by atoms with Crippen LogP contribution < -0.4 is 0 Å². The molecular weight excluding hydrogens is 378 g/mol. The van der Waals surface area contributed by atoms with Gasteiger partial charge in [0.2, 0.25) is 0 Å². The zero-order chi connectivity index (χ0) is 21.2. The largest absolute Gasteiger partial charge is 0.481 e. The summed E-state index contributed by atoms with van der Waals surface area (Å²) in [7, 11) is 1.38. The summed E-state index contributed by atoms with van der Waals surface area (Å²) in [5.74, 6) is -0.877. The molecule has 30 heavy (non-hydrogen) atoms. The van der Waals surface area contributed by atoms with E-state index in [1.54, 1.807) is 4.90 Å². The molecule has 1 amide bonds. The summed E-state index contributed by atoms with van der Waals surface area (Å²) >= 11 is 0. The van der Waals surface area contributed by atoms with E-state index in [1.807, 2.05) is 36.4 Å². The lowest BCUT2D eigenvalue weighted by Crippen LogP contribution is -2.66. The van der Waals surface area contributed by atoms with Crippen LogP contribution in [0.4, 0.5) is 4.79 Å². The Kier molecular flexibility index (Phi) is 4.21. The number of carboxylic acid groups (broad SMARTS) is 1. The van der Waals surface area contributed by atoms with Crippen molar-refractivity contribution in [3.63, 3.8) is 0 Å². The lowest BCUT2D eigenvalue weighted by molar-refractivity contribution is -0.174. The summed E-state index contributed by atoms with van der Waals surface area (Å²) in [6, 6.07) is 15.4. The number of fused-ring (bicyclic) bond motifs is 5. The lowest BCUT2D eigenvalue weighted by atomic mass is 9.44. The molecule has 3 fully saturated rings. The molecule has 0 saturated heterocycles. The molecule has 3 saturated carbocycles. The third-order valence-corrected chi connectivity index (χ3v) is 8.01. The number of ether oxygens (including phenoxy) is 1. The summed E-state index contributed by atoms with van der Waals surface area (Å²) in [6.07, 6.45) is 1.11. The maximum absolute atomic E-state index is 13.3. The average molecular weight is 405 g/mol. The zero-order valence-electron chi connectivity index (χ0n) is 17.5. The van der Waals surface area contributed by atoms with E-state index in [-0.39, 0.29) is 17.4 Å². The fourth-order valence-electron chi connectivity index (χ4n) is 6.33. The summed E-state index contributed by atoms with van der Waals surface area (Å²) in [4.78, 5) is 27.3. The standard InChI is InChI=1S/C25H27NO4/c1-25(2)14-12-19(23(27)28)22(20(25)13-14)26(24(29)30-3)21-17-10-6-4-8-15(17)16-9-5-7-11-18(16)21/h4-11,14,19-22H,12-13H2,1-3H3,(H,27,28)/t14-,19+,20-,22-/m1/s1. The molecule has 4 atom stereocenters. The van der Waals surface area contributed by atoms with Gasteiger partial charge in [-0.3, -0.25) is 9.69 Å². The minimum Gasteiger partial charge on any atom is -0.481 e. The Balaban J connectivity index is 1.69. The molecule has 4 aliphatic carbocycles. The highest BCUT2D eigenvalue weighted by atomic mass is 16.5. The maximum Gasteiger partial charge on any atom is 0.410 e. The van der Waals surface area contributed by atoms with Crippen LogP contribution in [0.15, 0.2) is 48.5 Å². The Morgan fingerprint density at radius 1 is 1.00 bits per heavy atom. The van der Waals surface area contributed by atoms with Gasteiger partial charge >= 0.3 is 12.1 Å². The normalized spacial score (nSPS) is 28.1. The van der Waals surface area contributed by atoms with Crippen molar-refractivity contribution in [3.8, 4) is 11.1 Å². The minimum absolute atomic E-state index is 0.0144. The second-order valence-electron chi connectivity index (χ2n) is 9.49. The van der Waals surface area contributed by atoms with E-state index in [0.717, 1.165) is 28.7 Å². The topological polar surface area (TPSA) is 66.8 Å². The first kappa shape index (κ1) is 19.2. The molecule has 5 heteroatoms. The van der Waals surface area contributed by atoms with Crippen molar-refractivity contribution in [1.29, 1.82) is 0 Å². The van der Waals surface area contributed by atoms with Crippen molar-refractivity contribution >= 4 is 12.1 Å². The van der Waals surface area contributed by atoms with Gasteiger partial charge in [-0.25, -0.2) is 4.79 Å². The van der Waals surface area contributed by atoms with E-state index in [0.29, 0.717) is 12.3 Å². The molecule has 5 nitrogen and oxygen atoms in total. The van der Waals surface area contributed by atoms with Crippen LogP contribution in [-0.4, -0.2) is 35.2 Å². The van der Waals surface area contributed by atoms with E-state index in [1.165, 1.54) is 7.11 Å². The third kappa shape index (κ3) is 2.47. The third-order valence-electron chi connectivity index (χ3n) is 8.01. The van der Waals surface area contributed by atoms with Crippen LogP contribution >= 0.6 is 0 Å². The predicted molar refractivity (Wildman–Crippen MR) is 113 cm³/mol. The van der Waals surface area contributed by atoms with Crippen LogP contribution in [0.3, 0.4) is 0 Å². The molecule has 2 aromatic rings. The fraction of sp³-hybridized carbons (Fsp3) is 0.440. The molecule has 0 spiro atoms. The first-order valence-corrected chi connectivity index (χ1v) is 10.6. The zero-order valence-corrected chi connectivity index (χ0v) is 17.5. The van der Waals surface area contributed by atoms with Crippen LogP contribution in [-0.2, 0) is 9.53 Å². The van der Waals surface area contributed by atoms with Crippen LogP contribution in [0, 0.1) is 23.2 Å². The van der Waals surface area contributed by atoms with E-state index in [2.05, 4.69) is 26.0 Å². The molecule has 0 aliphatic heterocycles. The number of carbonyl (C=O) groups excluding carboxylic acids is 1. The smallest absolute Gasteiger partial charge is 0.410 e. The summed E-state index contributed by atoms with van der Waals surface area (Å²) in [5, 5.41) is 10.1. The van der Waals surface area contributed by atoms with Gasteiger partial charge in [0.05, 0.1) is 25.1 Å². The Morgan fingerprint density at radius 3 is 2.07 bits per heavy atom. The molecule has 156 valence electrons.